The van der Waals surface area contributed by atoms with Gasteiger partial charge in [0.1, 0.15) is 5.75 Å². The third-order valence-electron chi connectivity index (χ3n) is 14.2. The fraction of sp³-hybridized carbons (Fsp3) is 0.0328. The molecule has 1 aliphatic carbocycles. The average Bonchev–Trinajstić information content (AvgIpc) is 3.98. The van der Waals surface area contributed by atoms with E-state index in [0.717, 1.165) is 118 Å². The minimum atomic E-state index is -0.788. The van der Waals surface area contributed by atoms with Gasteiger partial charge in [0, 0.05) is 50.3 Å². The Kier molecular flexibility index (Phi) is 7.87. The van der Waals surface area contributed by atoms with Gasteiger partial charge in [-0.2, -0.15) is 0 Å². The van der Waals surface area contributed by atoms with E-state index in [1.165, 1.54) is 10.8 Å². The molecular weight excluding hydrogens is 821 g/mol. The fourth-order valence-electron chi connectivity index (χ4n) is 11.5. The number of hydrogen-bond donors (Lipinski definition) is 0. The first-order valence-corrected chi connectivity index (χ1v) is 22.7. The quantitative estimate of drug-likeness (QED) is 0.162. The van der Waals surface area contributed by atoms with Crippen molar-refractivity contribution in [3.8, 4) is 28.7 Å². The zero-order valence-corrected chi connectivity index (χ0v) is 36.5. The van der Waals surface area contributed by atoms with Crippen molar-refractivity contribution >= 4 is 71.9 Å². The van der Waals surface area contributed by atoms with Crippen molar-refractivity contribution in [2.24, 2.45) is 0 Å². The molecule has 0 N–H and O–H groups in total. The number of ether oxygens (including phenoxy) is 2. The van der Waals surface area contributed by atoms with Crippen molar-refractivity contribution in [3.05, 3.63) is 247 Å². The van der Waals surface area contributed by atoms with Crippen LogP contribution in [0.4, 0.5) is 17.1 Å². The molecule has 2 aliphatic heterocycles. The SMILES string of the molecule is C=C/C(=C\C1=C(C)c2ncccc2C12c1ccccc1Oc1c(-n3c4ccccc4c4cc(N5c6ccccc6Oc6ccccc65)ccc43)cccc12)n1c2ccccc2c2ccccc21. The molecule has 3 aliphatic rings. The van der Waals surface area contributed by atoms with E-state index in [2.05, 4.69) is 203 Å². The molecule has 5 heterocycles. The Morgan fingerprint density at radius 2 is 1.09 bits per heavy atom. The summed E-state index contributed by atoms with van der Waals surface area (Å²) < 4.78 is 18.4. The van der Waals surface area contributed by atoms with Crippen LogP contribution in [0.5, 0.6) is 23.0 Å². The Hall–Kier alpha value is -8.87. The normalized spacial score (nSPS) is 15.9. The molecule has 1 spiro atoms. The summed E-state index contributed by atoms with van der Waals surface area (Å²) in [5.41, 5.74) is 15.1. The van der Waals surface area contributed by atoms with E-state index in [9.17, 15) is 0 Å². The highest BCUT2D eigenvalue weighted by atomic mass is 16.5. The second-order valence-electron chi connectivity index (χ2n) is 17.5. The number of allylic oxidation sites excluding steroid dienone is 5. The van der Waals surface area contributed by atoms with Crippen LogP contribution < -0.4 is 14.4 Å². The fourth-order valence-corrected chi connectivity index (χ4v) is 11.5. The molecule has 11 aromatic rings. The van der Waals surface area contributed by atoms with Crippen LogP contribution in [-0.4, -0.2) is 14.1 Å². The van der Waals surface area contributed by atoms with E-state index in [0.29, 0.717) is 0 Å². The second kappa shape index (κ2) is 14.1. The van der Waals surface area contributed by atoms with Crippen molar-refractivity contribution in [2.45, 2.75) is 12.3 Å². The van der Waals surface area contributed by atoms with Gasteiger partial charge in [-0.15, -0.1) is 0 Å². The number of pyridine rings is 1. The lowest BCUT2D eigenvalue weighted by molar-refractivity contribution is 0.434. The number of benzene rings is 8. The lowest BCUT2D eigenvalue weighted by atomic mass is 9.65. The molecule has 0 saturated carbocycles. The Morgan fingerprint density at radius 3 is 1.81 bits per heavy atom. The summed E-state index contributed by atoms with van der Waals surface area (Å²) in [6.07, 6.45) is 6.25. The standard InChI is InChI=1S/C61H40N4O2/c1-3-39(63-49-24-8-4-18-41(49)42-19-5-9-25-50(42)63)37-48-38(2)59-46(23-17-35-62-59)61(48)45-21-7-13-30-56(45)67-60-47(61)22-16-29-55(60)65-51-26-10-6-20-43(51)44-36-40(33-34-52(44)65)64-53-27-11-14-31-57(53)66-58-32-15-12-28-54(58)64/h3-37H,1H2,2H3/b39-37+. The molecule has 316 valence electrons. The van der Waals surface area contributed by atoms with Crippen LogP contribution >= 0.6 is 0 Å². The minimum absolute atomic E-state index is 0.788. The van der Waals surface area contributed by atoms with Crippen LogP contribution in [0.2, 0.25) is 0 Å². The van der Waals surface area contributed by atoms with E-state index in [4.69, 9.17) is 14.5 Å². The summed E-state index contributed by atoms with van der Waals surface area (Å²) in [6.45, 7) is 6.69. The Balaban J connectivity index is 1.02. The van der Waals surface area contributed by atoms with Crippen LogP contribution in [0, 0.1) is 0 Å². The first kappa shape index (κ1) is 37.5. The van der Waals surface area contributed by atoms with Gasteiger partial charge < -0.3 is 23.5 Å². The third kappa shape index (κ3) is 5.07. The first-order valence-electron chi connectivity index (χ1n) is 22.7. The molecule has 1 unspecified atom stereocenters. The van der Waals surface area contributed by atoms with Crippen molar-refractivity contribution in [2.75, 3.05) is 4.90 Å². The van der Waals surface area contributed by atoms with E-state index < -0.39 is 5.41 Å². The maximum atomic E-state index is 7.30. The van der Waals surface area contributed by atoms with Crippen molar-refractivity contribution in [1.82, 2.24) is 14.1 Å². The van der Waals surface area contributed by atoms with Gasteiger partial charge in [-0.1, -0.05) is 122 Å². The molecule has 0 bridgehead atoms. The number of anilines is 3. The van der Waals surface area contributed by atoms with Crippen LogP contribution in [0.15, 0.2) is 225 Å². The van der Waals surface area contributed by atoms with E-state index in [1.807, 2.05) is 36.5 Å². The van der Waals surface area contributed by atoms with Crippen LogP contribution in [0.1, 0.15) is 29.3 Å². The molecule has 0 fully saturated rings. The third-order valence-corrected chi connectivity index (χ3v) is 14.2. The topological polar surface area (TPSA) is 44.4 Å². The second-order valence-corrected chi connectivity index (χ2v) is 17.5. The smallest absolute Gasteiger partial charge is 0.156 e. The van der Waals surface area contributed by atoms with Crippen LogP contribution in [-0.2, 0) is 5.41 Å². The minimum Gasteiger partial charge on any atom is -0.454 e. The van der Waals surface area contributed by atoms with Gasteiger partial charge in [-0.05, 0) is 115 Å². The van der Waals surface area contributed by atoms with Gasteiger partial charge >= 0.3 is 0 Å². The van der Waals surface area contributed by atoms with Gasteiger partial charge in [0.2, 0.25) is 0 Å². The number of rotatable bonds is 5. The number of para-hydroxylation sites is 9. The average molecular weight is 861 g/mol. The predicted octanol–water partition coefficient (Wildman–Crippen LogP) is 15.8. The van der Waals surface area contributed by atoms with Gasteiger partial charge in [-0.25, -0.2) is 0 Å². The number of aromatic nitrogens is 3. The molecule has 1 atom stereocenters. The van der Waals surface area contributed by atoms with E-state index in [-0.39, 0.29) is 0 Å². The molecule has 67 heavy (non-hydrogen) atoms. The molecule has 0 amide bonds. The van der Waals surface area contributed by atoms with Gasteiger partial charge in [0.25, 0.3) is 0 Å². The summed E-state index contributed by atoms with van der Waals surface area (Å²) in [7, 11) is 0. The Bertz CT molecular complexity index is 3900. The maximum absolute atomic E-state index is 7.30. The maximum Gasteiger partial charge on any atom is 0.156 e. The summed E-state index contributed by atoms with van der Waals surface area (Å²) >= 11 is 0. The first-order chi connectivity index (χ1) is 33.1. The molecule has 8 aromatic carbocycles. The highest BCUT2D eigenvalue weighted by Crippen LogP contribution is 2.62. The van der Waals surface area contributed by atoms with Gasteiger partial charge in [-0.3, -0.25) is 4.98 Å². The van der Waals surface area contributed by atoms with Gasteiger partial charge in [0.15, 0.2) is 17.2 Å². The number of hydrogen-bond acceptors (Lipinski definition) is 4. The zero-order chi connectivity index (χ0) is 44.4. The van der Waals surface area contributed by atoms with E-state index in [1.54, 1.807) is 0 Å². The highest BCUT2D eigenvalue weighted by Gasteiger charge is 2.52. The van der Waals surface area contributed by atoms with Crippen LogP contribution in [0.25, 0.3) is 60.6 Å². The molecule has 14 rings (SSSR count). The summed E-state index contributed by atoms with van der Waals surface area (Å²) in [4.78, 5) is 7.44. The monoisotopic (exact) mass is 860 g/mol. The lowest BCUT2D eigenvalue weighted by Crippen LogP contribution is -2.33. The van der Waals surface area contributed by atoms with Crippen molar-refractivity contribution < 1.29 is 9.47 Å². The Morgan fingerprint density at radius 1 is 0.522 bits per heavy atom. The van der Waals surface area contributed by atoms with Crippen molar-refractivity contribution in [3.63, 3.8) is 0 Å². The molecule has 6 heteroatoms. The summed E-state index contributed by atoms with van der Waals surface area (Å²) in [5, 5.41) is 4.68. The zero-order valence-electron chi connectivity index (χ0n) is 36.5. The highest BCUT2D eigenvalue weighted by molar-refractivity contribution is 6.12. The summed E-state index contributed by atoms with van der Waals surface area (Å²) in [5.74, 6) is 3.26. The summed E-state index contributed by atoms with van der Waals surface area (Å²) in [6, 6.07) is 68.8. The number of fused-ring (bicyclic) bond motifs is 14. The van der Waals surface area contributed by atoms with Gasteiger partial charge in [0.05, 0.1) is 50.2 Å². The van der Waals surface area contributed by atoms with Crippen LogP contribution in [0.3, 0.4) is 0 Å². The molecule has 3 aromatic heterocycles. The van der Waals surface area contributed by atoms with Crippen molar-refractivity contribution in [1.29, 1.82) is 0 Å². The largest absolute Gasteiger partial charge is 0.454 e. The molecule has 6 nitrogen and oxygen atoms in total. The van der Waals surface area contributed by atoms with E-state index >= 15 is 0 Å². The molecular formula is C61H40N4O2. The molecule has 0 radical (unpaired) electrons. The lowest BCUT2D eigenvalue weighted by Gasteiger charge is -2.40. The number of nitrogens with zero attached hydrogens (tertiary/aromatic N) is 4. The Labute approximate surface area is 386 Å². The molecule has 0 saturated heterocycles. The predicted molar refractivity (Wildman–Crippen MR) is 273 cm³/mol.